The third-order valence-corrected chi connectivity index (χ3v) is 6.75. The lowest BCUT2D eigenvalue weighted by molar-refractivity contribution is 0.229. The first kappa shape index (κ1) is 21.0. The van der Waals surface area contributed by atoms with Gasteiger partial charge in [-0.2, -0.15) is 0 Å². The van der Waals surface area contributed by atoms with E-state index in [9.17, 15) is 0 Å². The first-order valence-corrected chi connectivity index (χ1v) is 12.0. The second-order valence-electron chi connectivity index (χ2n) is 8.76. The Bertz CT molecular complexity index is 1240. The Labute approximate surface area is 192 Å². The van der Waals surface area contributed by atoms with Gasteiger partial charge in [-0.1, -0.05) is 12.1 Å². The molecule has 1 N–H and O–H groups in total. The van der Waals surface area contributed by atoms with Crippen molar-refractivity contribution >= 4 is 33.3 Å². The first-order chi connectivity index (χ1) is 15.5. The largest absolute Gasteiger partial charge is 0.324 e. The number of hydrogen-bond donors (Lipinski definition) is 1. The predicted molar refractivity (Wildman–Crippen MR) is 129 cm³/mol. The Morgan fingerprint density at radius 2 is 2.00 bits per heavy atom. The van der Waals surface area contributed by atoms with E-state index in [0.717, 1.165) is 59.7 Å². The van der Waals surface area contributed by atoms with E-state index in [2.05, 4.69) is 64.8 Å². The minimum atomic E-state index is 0.189. The number of benzene rings is 1. The highest BCUT2D eigenvalue weighted by atomic mass is 32.1. The number of anilines is 2. The quantitative estimate of drug-likeness (QED) is 0.417. The summed E-state index contributed by atoms with van der Waals surface area (Å²) in [4.78, 5) is 22.7. The molecule has 8 heteroatoms. The van der Waals surface area contributed by atoms with Crippen molar-refractivity contribution in [3.05, 3.63) is 58.7 Å². The molecule has 0 radical (unpaired) electrons. The number of rotatable bonds is 6. The molecule has 0 amide bonds. The lowest BCUT2D eigenvalue weighted by Crippen LogP contribution is -2.26. The van der Waals surface area contributed by atoms with Crippen LogP contribution in [0.25, 0.3) is 11.0 Å². The molecule has 3 aromatic heterocycles. The summed E-state index contributed by atoms with van der Waals surface area (Å²) in [6, 6.07) is 10.9. The molecule has 7 nitrogen and oxygen atoms in total. The van der Waals surface area contributed by atoms with Crippen molar-refractivity contribution in [3.8, 4) is 0 Å². The van der Waals surface area contributed by atoms with Crippen LogP contribution < -0.4 is 5.32 Å². The van der Waals surface area contributed by atoms with Crippen molar-refractivity contribution in [1.82, 2.24) is 29.4 Å². The van der Waals surface area contributed by atoms with Crippen LogP contribution in [0.5, 0.6) is 0 Å². The lowest BCUT2D eigenvalue weighted by atomic mass is 10.2. The minimum absolute atomic E-state index is 0.189. The van der Waals surface area contributed by atoms with Crippen molar-refractivity contribution in [1.29, 1.82) is 0 Å². The summed E-state index contributed by atoms with van der Waals surface area (Å²) in [5, 5.41) is 4.22. The van der Waals surface area contributed by atoms with Gasteiger partial charge >= 0.3 is 0 Å². The van der Waals surface area contributed by atoms with Crippen LogP contribution in [0, 0.1) is 13.8 Å². The molecule has 1 fully saturated rings. The summed E-state index contributed by atoms with van der Waals surface area (Å²) in [5.74, 6) is 2.80. The molecule has 0 aliphatic carbocycles. The molecule has 1 unspecified atom stereocenters. The van der Waals surface area contributed by atoms with Gasteiger partial charge in [0.1, 0.15) is 17.5 Å². The summed E-state index contributed by atoms with van der Waals surface area (Å²) < 4.78 is 2.36. The summed E-state index contributed by atoms with van der Waals surface area (Å²) in [5.41, 5.74) is 3.22. The molecule has 1 aliphatic heterocycles. The van der Waals surface area contributed by atoms with Gasteiger partial charge in [0, 0.05) is 28.9 Å². The summed E-state index contributed by atoms with van der Waals surface area (Å²) in [6.45, 7) is 10.4. The molecule has 0 saturated carbocycles. The monoisotopic (exact) mass is 447 g/mol. The van der Waals surface area contributed by atoms with Gasteiger partial charge in [-0.05, 0) is 59.2 Å². The number of aromatic nitrogens is 5. The van der Waals surface area contributed by atoms with Crippen LogP contribution in [0.4, 0.5) is 10.9 Å². The molecule has 1 atom stereocenters. The number of thiazole rings is 1. The van der Waals surface area contributed by atoms with Crippen molar-refractivity contribution in [2.24, 2.45) is 0 Å². The molecular formula is C24H29N7S. The molecule has 0 spiro atoms. The molecular weight excluding hydrogens is 418 g/mol. The van der Waals surface area contributed by atoms with Crippen LogP contribution in [-0.2, 0) is 6.54 Å². The van der Waals surface area contributed by atoms with Crippen molar-refractivity contribution in [3.63, 3.8) is 0 Å². The minimum Gasteiger partial charge on any atom is -0.324 e. The van der Waals surface area contributed by atoms with Crippen LogP contribution in [-0.4, -0.2) is 35.9 Å². The van der Waals surface area contributed by atoms with E-state index in [0.29, 0.717) is 6.04 Å². The summed E-state index contributed by atoms with van der Waals surface area (Å²) in [7, 11) is 0. The van der Waals surface area contributed by atoms with Gasteiger partial charge in [0.15, 0.2) is 5.13 Å². The maximum atomic E-state index is 4.98. The predicted octanol–water partition coefficient (Wildman–Crippen LogP) is 5.56. The third kappa shape index (κ3) is 4.12. The lowest BCUT2D eigenvalue weighted by Gasteiger charge is -2.24. The topological polar surface area (TPSA) is 71.8 Å². The molecule has 1 aliphatic rings. The third-order valence-electron chi connectivity index (χ3n) is 5.92. The van der Waals surface area contributed by atoms with Crippen LogP contribution >= 0.6 is 11.3 Å². The zero-order chi connectivity index (χ0) is 22.2. The van der Waals surface area contributed by atoms with Crippen LogP contribution in [0.2, 0.25) is 0 Å². The Balaban J connectivity index is 1.43. The molecule has 166 valence electrons. The fourth-order valence-corrected chi connectivity index (χ4v) is 5.27. The highest BCUT2D eigenvalue weighted by molar-refractivity contribution is 7.15. The number of fused-ring (bicyclic) bond motifs is 1. The van der Waals surface area contributed by atoms with Crippen LogP contribution in [0.15, 0.2) is 36.5 Å². The van der Waals surface area contributed by atoms with Gasteiger partial charge < -0.3 is 9.88 Å². The average molecular weight is 448 g/mol. The standard InChI is InChI=1S/C24H29N7S/c1-15(2)31-19-9-6-5-8-18(19)27-22(31)14-30-11-7-10-20(30)23-26-16(3)12-21(28-23)29-24-25-13-17(4)32-24/h5-6,8-9,12-13,15,20H,7,10-11,14H2,1-4H3,(H,25,26,28,29). The molecule has 0 bridgehead atoms. The number of likely N-dealkylation sites (tertiary alicyclic amines) is 1. The van der Waals surface area contributed by atoms with Gasteiger partial charge in [0.05, 0.1) is 23.6 Å². The second-order valence-corrected chi connectivity index (χ2v) is 10.00. The molecule has 32 heavy (non-hydrogen) atoms. The normalized spacial score (nSPS) is 17.0. The smallest absolute Gasteiger partial charge is 0.188 e. The van der Waals surface area contributed by atoms with Gasteiger partial charge in [-0.25, -0.2) is 19.9 Å². The molecule has 4 heterocycles. The Hall–Kier alpha value is -2.84. The number of imidazole rings is 1. The SMILES string of the molecule is Cc1cc(Nc2ncc(C)s2)nc(C2CCCN2Cc2nc3ccccc3n2C(C)C)n1. The maximum Gasteiger partial charge on any atom is 0.188 e. The summed E-state index contributed by atoms with van der Waals surface area (Å²) in [6.07, 6.45) is 4.07. The molecule has 5 rings (SSSR count). The number of nitrogens with zero attached hydrogens (tertiary/aromatic N) is 6. The Morgan fingerprint density at radius 3 is 2.78 bits per heavy atom. The average Bonchev–Trinajstić information content (AvgIpc) is 3.46. The second kappa shape index (κ2) is 8.60. The van der Waals surface area contributed by atoms with E-state index in [1.54, 1.807) is 11.3 Å². The number of aryl methyl sites for hydroxylation is 2. The van der Waals surface area contributed by atoms with Crippen LogP contribution in [0.3, 0.4) is 0 Å². The number of hydrogen-bond acceptors (Lipinski definition) is 7. The van der Waals surface area contributed by atoms with Gasteiger partial charge in [-0.15, -0.1) is 11.3 Å². The highest BCUT2D eigenvalue weighted by Crippen LogP contribution is 2.33. The van der Waals surface area contributed by atoms with Crippen molar-refractivity contribution in [2.45, 2.75) is 59.2 Å². The number of nitrogens with one attached hydrogen (secondary N) is 1. The number of para-hydroxylation sites is 2. The van der Waals surface area contributed by atoms with Crippen molar-refractivity contribution in [2.75, 3.05) is 11.9 Å². The fourth-order valence-electron chi connectivity index (χ4n) is 4.60. The molecule has 1 aromatic carbocycles. The van der Waals surface area contributed by atoms with Crippen LogP contribution in [0.1, 0.15) is 61.0 Å². The van der Waals surface area contributed by atoms with Gasteiger partial charge in [0.2, 0.25) is 0 Å². The zero-order valence-electron chi connectivity index (χ0n) is 19.0. The van der Waals surface area contributed by atoms with E-state index in [-0.39, 0.29) is 6.04 Å². The Kier molecular flexibility index (Phi) is 5.65. The Morgan fingerprint density at radius 1 is 1.16 bits per heavy atom. The van der Waals surface area contributed by atoms with E-state index in [1.807, 2.05) is 19.2 Å². The highest BCUT2D eigenvalue weighted by Gasteiger charge is 2.30. The fraction of sp³-hybridized carbons (Fsp3) is 0.417. The maximum absolute atomic E-state index is 4.98. The van der Waals surface area contributed by atoms with Crippen molar-refractivity contribution < 1.29 is 0 Å². The van der Waals surface area contributed by atoms with Gasteiger partial charge in [-0.3, -0.25) is 4.90 Å². The van der Waals surface area contributed by atoms with Gasteiger partial charge in [0.25, 0.3) is 0 Å². The van der Waals surface area contributed by atoms with E-state index in [4.69, 9.17) is 15.0 Å². The van der Waals surface area contributed by atoms with E-state index in [1.165, 1.54) is 10.4 Å². The van der Waals surface area contributed by atoms with E-state index >= 15 is 0 Å². The summed E-state index contributed by atoms with van der Waals surface area (Å²) >= 11 is 1.63. The first-order valence-electron chi connectivity index (χ1n) is 11.2. The zero-order valence-corrected chi connectivity index (χ0v) is 19.9. The molecule has 1 saturated heterocycles. The molecule has 4 aromatic rings. The van der Waals surface area contributed by atoms with E-state index < -0.39 is 0 Å².